The number of carbonyl (C=O) groups excluding carboxylic acids is 1. The average molecular weight is 336 g/mol. The van der Waals surface area contributed by atoms with Gasteiger partial charge in [-0.15, -0.1) is 0 Å². The number of halogens is 3. The third-order valence-electron chi connectivity index (χ3n) is 3.21. The van der Waals surface area contributed by atoms with Gasteiger partial charge in [0.1, 0.15) is 5.69 Å². The van der Waals surface area contributed by atoms with Gasteiger partial charge in [0.2, 0.25) is 0 Å². The van der Waals surface area contributed by atoms with Crippen molar-refractivity contribution in [2.45, 2.75) is 13.1 Å². The smallest absolute Gasteiger partial charge is 0.433 e. The van der Waals surface area contributed by atoms with Gasteiger partial charge in [-0.3, -0.25) is 0 Å². The Morgan fingerprint density at radius 1 is 1.17 bits per heavy atom. The molecule has 1 aromatic heterocycles. The number of carbonyl (C=O) groups is 1. The van der Waals surface area contributed by atoms with E-state index in [2.05, 4.69) is 15.0 Å². The molecule has 2 aromatic rings. The fraction of sp³-hybridized carbons (Fsp3) is 0.176. The number of esters is 1. The zero-order chi connectivity index (χ0) is 17.7. The summed E-state index contributed by atoms with van der Waals surface area (Å²) in [7, 11) is 1.18. The van der Waals surface area contributed by atoms with Crippen molar-refractivity contribution in [2.75, 3.05) is 12.4 Å². The van der Waals surface area contributed by atoms with Crippen LogP contribution >= 0.6 is 0 Å². The summed E-state index contributed by atoms with van der Waals surface area (Å²) in [4.78, 5) is 14.8. The number of benzene rings is 1. The number of pyridine rings is 1. The molecule has 4 nitrogen and oxygen atoms in total. The Hall–Kier alpha value is -2.83. The van der Waals surface area contributed by atoms with E-state index < -0.39 is 17.8 Å². The van der Waals surface area contributed by atoms with E-state index in [9.17, 15) is 18.0 Å². The highest BCUT2D eigenvalue weighted by Gasteiger charge is 2.32. The first-order chi connectivity index (χ1) is 11.3. The highest BCUT2D eigenvalue weighted by Crippen LogP contribution is 2.31. The van der Waals surface area contributed by atoms with Crippen molar-refractivity contribution < 1.29 is 22.7 Å². The number of alkyl halides is 3. The zero-order valence-electron chi connectivity index (χ0n) is 13.0. The molecule has 0 saturated carbocycles. The molecular weight excluding hydrogens is 321 g/mol. The van der Waals surface area contributed by atoms with E-state index in [1.165, 1.54) is 19.3 Å². The van der Waals surface area contributed by atoms with Crippen LogP contribution in [0.2, 0.25) is 0 Å². The van der Waals surface area contributed by atoms with Crippen LogP contribution in [-0.4, -0.2) is 18.1 Å². The molecule has 0 aliphatic rings. The van der Waals surface area contributed by atoms with Gasteiger partial charge in [-0.05, 0) is 36.8 Å². The van der Waals surface area contributed by atoms with Crippen LogP contribution < -0.4 is 5.32 Å². The molecule has 0 bridgehead atoms. The zero-order valence-corrected chi connectivity index (χ0v) is 13.0. The first-order valence-electron chi connectivity index (χ1n) is 6.98. The predicted octanol–water partition coefficient (Wildman–Crippen LogP) is 4.34. The Morgan fingerprint density at radius 2 is 1.88 bits per heavy atom. The maximum absolute atomic E-state index is 12.9. The number of para-hydroxylation sites is 1. The lowest BCUT2D eigenvalue weighted by Gasteiger charge is -2.13. The third kappa shape index (κ3) is 4.34. The van der Waals surface area contributed by atoms with Crippen LogP contribution in [0, 0.1) is 6.92 Å². The van der Waals surface area contributed by atoms with Crippen molar-refractivity contribution in [1.82, 2.24) is 4.98 Å². The van der Waals surface area contributed by atoms with Gasteiger partial charge in [0, 0.05) is 11.8 Å². The highest BCUT2D eigenvalue weighted by atomic mass is 19.4. The Morgan fingerprint density at radius 3 is 2.50 bits per heavy atom. The molecule has 2 rings (SSSR count). The number of rotatable bonds is 4. The summed E-state index contributed by atoms with van der Waals surface area (Å²) in [6.45, 7) is 1.86. The van der Waals surface area contributed by atoms with Crippen molar-refractivity contribution in [3.8, 4) is 0 Å². The molecule has 0 spiro atoms. The van der Waals surface area contributed by atoms with Crippen LogP contribution in [0.3, 0.4) is 0 Å². The Labute approximate surface area is 137 Å². The molecule has 0 amide bonds. The number of ether oxygens (including phenoxy) is 1. The average Bonchev–Trinajstić information content (AvgIpc) is 2.54. The van der Waals surface area contributed by atoms with Gasteiger partial charge in [-0.2, -0.15) is 13.2 Å². The molecule has 0 unspecified atom stereocenters. The molecule has 0 aliphatic heterocycles. The van der Waals surface area contributed by atoms with Gasteiger partial charge < -0.3 is 10.1 Å². The summed E-state index contributed by atoms with van der Waals surface area (Å²) in [5, 5.41) is 3.03. The van der Waals surface area contributed by atoms with Gasteiger partial charge in [0.15, 0.2) is 0 Å². The van der Waals surface area contributed by atoms with E-state index in [0.717, 1.165) is 23.4 Å². The molecule has 0 radical (unpaired) electrons. The molecule has 126 valence electrons. The maximum atomic E-state index is 12.9. The van der Waals surface area contributed by atoms with E-state index in [4.69, 9.17) is 0 Å². The molecule has 7 heteroatoms. The predicted molar refractivity (Wildman–Crippen MR) is 84.8 cm³/mol. The summed E-state index contributed by atoms with van der Waals surface area (Å²) in [5.74, 6) is -0.684. The number of hydrogen-bond acceptors (Lipinski definition) is 4. The molecule has 1 heterocycles. The van der Waals surface area contributed by atoms with E-state index in [-0.39, 0.29) is 5.69 Å². The van der Waals surface area contributed by atoms with Crippen molar-refractivity contribution in [3.05, 3.63) is 59.4 Å². The van der Waals surface area contributed by atoms with Crippen molar-refractivity contribution in [1.29, 1.82) is 0 Å². The Balaban J connectivity index is 2.44. The van der Waals surface area contributed by atoms with E-state index >= 15 is 0 Å². The van der Waals surface area contributed by atoms with E-state index in [1.54, 1.807) is 12.1 Å². The van der Waals surface area contributed by atoms with E-state index in [0.29, 0.717) is 5.69 Å². The second-order valence-electron chi connectivity index (χ2n) is 4.92. The number of hydrogen-bond donors (Lipinski definition) is 1. The number of methoxy groups -OCH3 is 1. The minimum atomic E-state index is -4.57. The van der Waals surface area contributed by atoms with Gasteiger partial charge >= 0.3 is 12.1 Å². The van der Waals surface area contributed by atoms with Crippen molar-refractivity contribution >= 4 is 23.4 Å². The number of aromatic nitrogens is 1. The van der Waals surface area contributed by atoms with Crippen LogP contribution in [0.25, 0.3) is 6.08 Å². The lowest BCUT2D eigenvalue weighted by atomic mass is 10.1. The van der Waals surface area contributed by atoms with Gasteiger partial charge in [0.25, 0.3) is 0 Å². The maximum Gasteiger partial charge on any atom is 0.433 e. The SMILES string of the molecule is COC(=O)C=Cc1nc(C(F)(F)F)ccc1Nc1ccccc1C. The lowest BCUT2D eigenvalue weighted by molar-refractivity contribution is -0.141. The molecule has 0 atom stereocenters. The standard InChI is InChI=1S/C17H15F3N2O2/c1-11-5-3-4-6-12(11)21-13-7-9-15(17(18,19)20)22-14(13)8-10-16(23)24-2/h3-10,21H,1-2H3. The summed E-state index contributed by atoms with van der Waals surface area (Å²) in [5.41, 5.74) is 0.936. The normalized spacial score (nSPS) is 11.5. The molecule has 1 aromatic carbocycles. The Kier molecular flexibility index (Phi) is 5.23. The number of aryl methyl sites for hydroxylation is 1. The number of anilines is 2. The van der Waals surface area contributed by atoms with Crippen LogP contribution in [0.1, 0.15) is 17.0 Å². The van der Waals surface area contributed by atoms with Crippen LogP contribution in [0.15, 0.2) is 42.5 Å². The summed E-state index contributed by atoms with van der Waals surface area (Å²) >= 11 is 0. The molecule has 0 saturated heterocycles. The fourth-order valence-electron chi connectivity index (χ4n) is 1.94. The fourth-order valence-corrected chi connectivity index (χ4v) is 1.94. The van der Waals surface area contributed by atoms with Crippen molar-refractivity contribution in [2.24, 2.45) is 0 Å². The van der Waals surface area contributed by atoms with E-state index in [1.807, 2.05) is 19.1 Å². The molecule has 0 aliphatic carbocycles. The number of nitrogens with zero attached hydrogens (tertiary/aromatic N) is 1. The largest absolute Gasteiger partial charge is 0.466 e. The van der Waals surface area contributed by atoms with Crippen LogP contribution in [-0.2, 0) is 15.7 Å². The lowest BCUT2D eigenvalue weighted by Crippen LogP contribution is -2.10. The third-order valence-corrected chi connectivity index (χ3v) is 3.21. The summed E-state index contributed by atoms with van der Waals surface area (Å²) in [6, 6.07) is 9.47. The highest BCUT2D eigenvalue weighted by molar-refractivity contribution is 5.88. The molecule has 24 heavy (non-hydrogen) atoms. The summed E-state index contributed by atoms with van der Waals surface area (Å²) < 4.78 is 43.0. The number of nitrogens with one attached hydrogen (secondary N) is 1. The topological polar surface area (TPSA) is 51.2 Å². The van der Waals surface area contributed by atoms with Crippen molar-refractivity contribution in [3.63, 3.8) is 0 Å². The molecular formula is C17H15F3N2O2. The first kappa shape index (κ1) is 17.5. The Bertz CT molecular complexity index is 771. The second-order valence-corrected chi connectivity index (χ2v) is 4.92. The minimum absolute atomic E-state index is 0.0153. The monoisotopic (exact) mass is 336 g/mol. The summed E-state index contributed by atoms with van der Waals surface area (Å²) in [6.07, 6.45) is -2.37. The van der Waals surface area contributed by atoms with Crippen LogP contribution in [0.5, 0.6) is 0 Å². The van der Waals surface area contributed by atoms with Crippen LogP contribution in [0.4, 0.5) is 24.5 Å². The first-order valence-corrected chi connectivity index (χ1v) is 6.98. The molecule has 0 fully saturated rings. The van der Waals surface area contributed by atoms with Gasteiger partial charge in [0.05, 0.1) is 18.5 Å². The second kappa shape index (κ2) is 7.16. The molecule has 1 N–H and O–H groups in total. The van der Waals surface area contributed by atoms with Gasteiger partial charge in [-0.1, -0.05) is 18.2 Å². The quantitative estimate of drug-likeness (QED) is 0.667. The minimum Gasteiger partial charge on any atom is -0.466 e. The van der Waals surface area contributed by atoms with Gasteiger partial charge in [-0.25, -0.2) is 9.78 Å².